The number of hydrogen-bond acceptors (Lipinski definition) is 3. The lowest BCUT2D eigenvalue weighted by Gasteiger charge is -1.84. The molecule has 2 rings (SSSR count). The first-order chi connectivity index (χ1) is 5.40. The summed E-state index contributed by atoms with van der Waals surface area (Å²) in [7, 11) is 0. The number of nitrogens with zero attached hydrogens (tertiary/aromatic N) is 4. The Morgan fingerprint density at radius 3 is 3.18 bits per heavy atom. The van der Waals surface area contributed by atoms with Crippen molar-refractivity contribution in [3.05, 3.63) is 24.4 Å². The Balaban J connectivity index is 2.69. The fraction of sp³-hybridized carbons (Fsp3) is 0.286. The second kappa shape index (κ2) is 2.30. The molecule has 56 valence electrons. The maximum atomic E-state index is 4.27. The molecule has 0 aliphatic rings. The third-order valence-electron chi connectivity index (χ3n) is 1.56. The van der Waals surface area contributed by atoms with Crippen LogP contribution in [0.5, 0.6) is 0 Å². The standard InChI is InChI=1S/C7H8N4/c1-2-6-4-11-7(10-6)3-8-5-9-11/h3-5H,2H2,1H3. The number of fused-ring (bicyclic) bond motifs is 1. The third kappa shape index (κ3) is 0.960. The summed E-state index contributed by atoms with van der Waals surface area (Å²) >= 11 is 0. The largest absolute Gasteiger partial charge is 0.239 e. The summed E-state index contributed by atoms with van der Waals surface area (Å²) in [5, 5.41) is 3.99. The summed E-state index contributed by atoms with van der Waals surface area (Å²) in [5.41, 5.74) is 1.86. The molecule has 0 saturated heterocycles. The van der Waals surface area contributed by atoms with Gasteiger partial charge in [-0.05, 0) is 6.42 Å². The summed E-state index contributed by atoms with van der Waals surface area (Å²) < 4.78 is 1.73. The maximum Gasteiger partial charge on any atom is 0.172 e. The molecule has 2 heterocycles. The van der Waals surface area contributed by atoms with E-state index in [0.717, 1.165) is 17.8 Å². The normalized spacial score (nSPS) is 10.6. The van der Waals surface area contributed by atoms with Gasteiger partial charge in [-0.1, -0.05) is 6.92 Å². The zero-order valence-corrected chi connectivity index (χ0v) is 6.23. The van der Waals surface area contributed by atoms with E-state index in [1.54, 1.807) is 10.7 Å². The van der Waals surface area contributed by atoms with E-state index in [9.17, 15) is 0 Å². The molecule has 0 fully saturated rings. The van der Waals surface area contributed by atoms with Gasteiger partial charge in [0.2, 0.25) is 0 Å². The van der Waals surface area contributed by atoms with Gasteiger partial charge in [0.1, 0.15) is 6.33 Å². The van der Waals surface area contributed by atoms with Gasteiger partial charge >= 0.3 is 0 Å². The zero-order chi connectivity index (χ0) is 7.68. The summed E-state index contributed by atoms with van der Waals surface area (Å²) in [4.78, 5) is 8.14. The molecule has 4 nitrogen and oxygen atoms in total. The number of imidazole rings is 1. The van der Waals surface area contributed by atoms with Crippen LogP contribution >= 0.6 is 0 Å². The van der Waals surface area contributed by atoms with Crippen molar-refractivity contribution in [3.8, 4) is 0 Å². The molecule has 0 aromatic carbocycles. The highest BCUT2D eigenvalue weighted by atomic mass is 15.3. The Labute approximate surface area is 63.9 Å². The molecule has 0 saturated carbocycles. The molecular weight excluding hydrogens is 140 g/mol. The molecule has 0 aliphatic heterocycles. The second-order valence-corrected chi connectivity index (χ2v) is 2.30. The van der Waals surface area contributed by atoms with Crippen LogP contribution in [-0.2, 0) is 6.42 Å². The van der Waals surface area contributed by atoms with Crippen molar-refractivity contribution in [2.45, 2.75) is 13.3 Å². The van der Waals surface area contributed by atoms with Crippen LogP contribution in [0.15, 0.2) is 18.7 Å². The van der Waals surface area contributed by atoms with E-state index in [0.29, 0.717) is 0 Å². The Morgan fingerprint density at radius 2 is 2.45 bits per heavy atom. The molecule has 4 heteroatoms. The molecule has 0 aliphatic carbocycles. The van der Waals surface area contributed by atoms with E-state index >= 15 is 0 Å². The van der Waals surface area contributed by atoms with E-state index in [-0.39, 0.29) is 0 Å². The van der Waals surface area contributed by atoms with Gasteiger partial charge in [0.05, 0.1) is 18.1 Å². The average molecular weight is 148 g/mol. The molecule has 0 radical (unpaired) electrons. The first kappa shape index (κ1) is 6.27. The SMILES string of the molecule is CCc1cn2ncncc2n1. The van der Waals surface area contributed by atoms with Crippen molar-refractivity contribution in [3.63, 3.8) is 0 Å². The highest BCUT2D eigenvalue weighted by Crippen LogP contribution is 2.00. The molecule has 0 unspecified atom stereocenters. The van der Waals surface area contributed by atoms with E-state index < -0.39 is 0 Å². The quantitative estimate of drug-likeness (QED) is 0.597. The minimum atomic E-state index is 0.810. The van der Waals surface area contributed by atoms with E-state index in [2.05, 4.69) is 22.0 Å². The van der Waals surface area contributed by atoms with Crippen molar-refractivity contribution in [2.75, 3.05) is 0 Å². The van der Waals surface area contributed by atoms with Crippen molar-refractivity contribution < 1.29 is 0 Å². The lowest BCUT2D eigenvalue weighted by atomic mass is 10.4. The molecule has 0 bridgehead atoms. The first-order valence-electron chi connectivity index (χ1n) is 3.54. The van der Waals surface area contributed by atoms with Crippen molar-refractivity contribution in [2.24, 2.45) is 0 Å². The summed E-state index contributed by atoms with van der Waals surface area (Å²) in [6, 6.07) is 0. The van der Waals surface area contributed by atoms with Gasteiger partial charge in [0, 0.05) is 0 Å². The summed E-state index contributed by atoms with van der Waals surface area (Å²) in [6.45, 7) is 2.06. The second-order valence-electron chi connectivity index (χ2n) is 2.30. The number of rotatable bonds is 1. The van der Waals surface area contributed by atoms with Gasteiger partial charge < -0.3 is 0 Å². The van der Waals surface area contributed by atoms with E-state index in [1.165, 1.54) is 6.33 Å². The molecule has 2 aromatic heterocycles. The van der Waals surface area contributed by atoms with Gasteiger partial charge in [-0.3, -0.25) is 0 Å². The fourth-order valence-corrected chi connectivity index (χ4v) is 0.971. The maximum absolute atomic E-state index is 4.27. The van der Waals surface area contributed by atoms with Gasteiger partial charge in [0.25, 0.3) is 0 Å². The summed E-state index contributed by atoms with van der Waals surface area (Å²) in [5.74, 6) is 0. The average Bonchev–Trinajstić information content (AvgIpc) is 2.46. The molecule has 0 atom stereocenters. The third-order valence-corrected chi connectivity index (χ3v) is 1.56. The van der Waals surface area contributed by atoms with E-state index in [4.69, 9.17) is 0 Å². The van der Waals surface area contributed by atoms with E-state index in [1.807, 2.05) is 6.20 Å². The Hall–Kier alpha value is -1.45. The van der Waals surface area contributed by atoms with Crippen LogP contribution in [0.1, 0.15) is 12.6 Å². The van der Waals surface area contributed by atoms with Gasteiger partial charge in [-0.25, -0.2) is 14.5 Å². The minimum absolute atomic E-state index is 0.810. The van der Waals surface area contributed by atoms with Crippen LogP contribution in [0.2, 0.25) is 0 Å². The molecule has 0 N–H and O–H groups in total. The van der Waals surface area contributed by atoms with Crippen LogP contribution in [0.25, 0.3) is 5.65 Å². The minimum Gasteiger partial charge on any atom is -0.239 e. The first-order valence-corrected chi connectivity index (χ1v) is 3.54. The highest BCUT2D eigenvalue weighted by molar-refractivity contribution is 5.34. The van der Waals surface area contributed by atoms with Crippen LogP contribution in [-0.4, -0.2) is 19.6 Å². The van der Waals surface area contributed by atoms with Crippen LogP contribution in [0.4, 0.5) is 0 Å². The highest BCUT2D eigenvalue weighted by Gasteiger charge is 1.97. The molecule has 0 spiro atoms. The predicted molar refractivity (Wildman–Crippen MR) is 40.2 cm³/mol. The van der Waals surface area contributed by atoms with Crippen molar-refractivity contribution in [1.29, 1.82) is 0 Å². The van der Waals surface area contributed by atoms with Crippen LogP contribution in [0.3, 0.4) is 0 Å². The van der Waals surface area contributed by atoms with Gasteiger partial charge in [0.15, 0.2) is 5.65 Å². The Bertz CT molecular complexity index is 332. The lowest BCUT2D eigenvalue weighted by molar-refractivity contribution is 0.895. The molecule has 11 heavy (non-hydrogen) atoms. The van der Waals surface area contributed by atoms with Crippen molar-refractivity contribution >= 4 is 5.65 Å². The number of aryl methyl sites for hydroxylation is 1. The number of hydrogen-bond donors (Lipinski definition) is 0. The molecular formula is C7H8N4. The Kier molecular flexibility index (Phi) is 1.31. The lowest BCUT2D eigenvalue weighted by Crippen LogP contribution is -1.88. The summed E-state index contributed by atoms with van der Waals surface area (Å²) in [6.07, 6.45) is 6.06. The topological polar surface area (TPSA) is 43.1 Å². The zero-order valence-electron chi connectivity index (χ0n) is 6.23. The Morgan fingerprint density at radius 1 is 1.55 bits per heavy atom. The number of aromatic nitrogens is 4. The van der Waals surface area contributed by atoms with Gasteiger partial charge in [-0.2, -0.15) is 5.10 Å². The van der Waals surface area contributed by atoms with Crippen LogP contribution < -0.4 is 0 Å². The monoisotopic (exact) mass is 148 g/mol. The molecule has 2 aromatic rings. The predicted octanol–water partition coefficient (Wildman–Crippen LogP) is 0.687. The molecule has 0 amide bonds. The smallest absolute Gasteiger partial charge is 0.172 e. The van der Waals surface area contributed by atoms with Crippen LogP contribution in [0, 0.1) is 0 Å². The fourth-order valence-electron chi connectivity index (χ4n) is 0.971. The van der Waals surface area contributed by atoms with Gasteiger partial charge in [-0.15, -0.1) is 0 Å². The van der Waals surface area contributed by atoms with Crippen molar-refractivity contribution in [1.82, 2.24) is 19.6 Å².